The second-order valence-electron chi connectivity index (χ2n) is 4.03. The molecule has 0 spiro atoms. The second-order valence-corrected chi connectivity index (χ2v) is 4.47. The maximum Gasteiger partial charge on any atom is 0.123 e. The van der Waals surface area contributed by atoms with Crippen molar-refractivity contribution < 1.29 is 4.39 Å². The van der Waals surface area contributed by atoms with Crippen LogP contribution in [0, 0.1) is 12.7 Å². The van der Waals surface area contributed by atoms with E-state index in [1.165, 1.54) is 12.1 Å². The lowest BCUT2D eigenvalue weighted by Gasteiger charge is -2.10. The first-order valence-corrected chi connectivity index (χ1v) is 5.90. The monoisotopic (exact) mass is 260 g/mol. The van der Waals surface area contributed by atoms with E-state index in [-0.39, 0.29) is 5.82 Å². The minimum absolute atomic E-state index is 0.249. The molecule has 0 atom stereocenters. The number of halogens is 1. The molecule has 0 aliphatic heterocycles. The highest BCUT2D eigenvalue weighted by molar-refractivity contribution is 7.80. The summed E-state index contributed by atoms with van der Waals surface area (Å²) in [6.45, 7) is 1.97. The number of benzene rings is 2. The number of nitrogens with two attached hydrogens (primary N) is 1. The first kappa shape index (κ1) is 12.5. The van der Waals surface area contributed by atoms with Crippen LogP contribution < -0.4 is 11.1 Å². The molecule has 0 saturated heterocycles. The zero-order valence-electron chi connectivity index (χ0n) is 9.91. The van der Waals surface area contributed by atoms with Gasteiger partial charge >= 0.3 is 0 Å². The van der Waals surface area contributed by atoms with E-state index in [1.54, 1.807) is 12.1 Å². The average molecular weight is 260 g/mol. The van der Waals surface area contributed by atoms with Gasteiger partial charge in [-0.3, -0.25) is 0 Å². The van der Waals surface area contributed by atoms with Crippen LogP contribution in [0.5, 0.6) is 0 Å². The molecule has 2 rings (SSSR count). The molecule has 2 nitrogen and oxygen atoms in total. The van der Waals surface area contributed by atoms with Gasteiger partial charge in [-0.05, 0) is 55.0 Å². The summed E-state index contributed by atoms with van der Waals surface area (Å²) in [4.78, 5) is 0.381. The van der Waals surface area contributed by atoms with Gasteiger partial charge in [0.1, 0.15) is 10.8 Å². The standard InChI is InChI=1S/C14H13FN2S/c1-9-8-10(14(16)18)2-7-13(9)17-12-5-3-11(15)4-6-12/h2-8,17H,1H3,(H2,16,18). The summed E-state index contributed by atoms with van der Waals surface area (Å²) in [6.07, 6.45) is 0. The molecular formula is C14H13FN2S. The molecule has 18 heavy (non-hydrogen) atoms. The first-order chi connectivity index (χ1) is 8.56. The van der Waals surface area contributed by atoms with Crippen molar-refractivity contribution in [1.82, 2.24) is 0 Å². The van der Waals surface area contributed by atoms with Crippen LogP contribution in [-0.4, -0.2) is 4.99 Å². The lowest BCUT2D eigenvalue weighted by molar-refractivity contribution is 0.628. The van der Waals surface area contributed by atoms with Gasteiger partial charge in [0.05, 0.1) is 0 Å². The van der Waals surface area contributed by atoms with E-state index in [0.717, 1.165) is 22.5 Å². The minimum Gasteiger partial charge on any atom is -0.389 e. The Hall–Kier alpha value is -1.94. The molecule has 0 bridgehead atoms. The maximum absolute atomic E-state index is 12.8. The second kappa shape index (κ2) is 5.14. The third-order valence-electron chi connectivity index (χ3n) is 2.63. The molecule has 0 fully saturated rings. The van der Waals surface area contributed by atoms with E-state index in [4.69, 9.17) is 18.0 Å². The molecule has 0 aliphatic carbocycles. The zero-order valence-corrected chi connectivity index (χ0v) is 10.7. The fourth-order valence-electron chi connectivity index (χ4n) is 1.65. The average Bonchev–Trinajstić information content (AvgIpc) is 2.34. The van der Waals surface area contributed by atoms with Gasteiger partial charge in [0, 0.05) is 16.9 Å². The van der Waals surface area contributed by atoms with E-state index in [1.807, 2.05) is 25.1 Å². The Morgan fingerprint density at radius 2 is 1.83 bits per heavy atom. The highest BCUT2D eigenvalue weighted by Gasteiger charge is 2.02. The Morgan fingerprint density at radius 1 is 1.17 bits per heavy atom. The SMILES string of the molecule is Cc1cc(C(N)=S)ccc1Nc1ccc(F)cc1. The molecule has 92 valence electrons. The van der Waals surface area contributed by atoms with Crippen LogP contribution in [0.2, 0.25) is 0 Å². The summed E-state index contributed by atoms with van der Waals surface area (Å²) in [6, 6.07) is 11.9. The van der Waals surface area contributed by atoms with Gasteiger partial charge in [-0.1, -0.05) is 12.2 Å². The molecule has 0 amide bonds. The summed E-state index contributed by atoms with van der Waals surface area (Å²) < 4.78 is 12.8. The number of anilines is 2. The van der Waals surface area contributed by atoms with Gasteiger partial charge < -0.3 is 11.1 Å². The zero-order chi connectivity index (χ0) is 13.1. The van der Waals surface area contributed by atoms with Crippen LogP contribution in [0.1, 0.15) is 11.1 Å². The number of hydrogen-bond acceptors (Lipinski definition) is 2. The Kier molecular flexibility index (Phi) is 3.58. The van der Waals surface area contributed by atoms with Crippen molar-refractivity contribution in [2.75, 3.05) is 5.32 Å². The van der Waals surface area contributed by atoms with Crippen molar-refractivity contribution in [3.8, 4) is 0 Å². The smallest absolute Gasteiger partial charge is 0.123 e. The quantitative estimate of drug-likeness (QED) is 0.829. The normalized spacial score (nSPS) is 10.1. The van der Waals surface area contributed by atoms with E-state index in [0.29, 0.717) is 4.99 Å². The van der Waals surface area contributed by atoms with Crippen LogP contribution in [-0.2, 0) is 0 Å². The molecule has 4 heteroatoms. The molecule has 3 N–H and O–H groups in total. The number of hydrogen-bond donors (Lipinski definition) is 2. The first-order valence-electron chi connectivity index (χ1n) is 5.49. The van der Waals surface area contributed by atoms with Gasteiger partial charge in [-0.15, -0.1) is 0 Å². The molecule has 2 aromatic rings. The van der Waals surface area contributed by atoms with E-state index in [9.17, 15) is 4.39 Å². The van der Waals surface area contributed by atoms with Crippen molar-refractivity contribution in [3.63, 3.8) is 0 Å². The van der Waals surface area contributed by atoms with Gasteiger partial charge in [-0.2, -0.15) is 0 Å². The Labute approximate surface area is 111 Å². The van der Waals surface area contributed by atoms with Gasteiger partial charge in [0.15, 0.2) is 0 Å². The molecule has 0 aromatic heterocycles. The van der Waals surface area contributed by atoms with Crippen LogP contribution >= 0.6 is 12.2 Å². The summed E-state index contributed by atoms with van der Waals surface area (Å²) >= 11 is 4.92. The minimum atomic E-state index is -0.249. The van der Waals surface area contributed by atoms with Crippen LogP contribution in [0.3, 0.4) is 0 Å². The van der Waals surface area contributed by atoms with E-state index < -0.39 is 0 Å². The Balaban J connectivity index is 2.24. The number of rotatable bonds is 3. The lowest BCUT2D eigenvalue weighted by atomic mass is 10.1. The fraction of sp³-hybridized carbons (Fsp3) is 0.0714. The maximum atomic E-state index is 12.8. The topological polar surface area (TPSA) is 38.0 Å². The highest BCUT2D eigenvalue weighted by atomic mass is 32.1. The number of thiocarbonyl (C=S) groups is 1. The molecule has 0 radical (unpaired) electrons. The summed E-state index contributed by atoms with van der Waals surface area (Å²) in [5.74, 6) is -0.249. The molecule has 0 heterocycles. The van der Waals surface area contributed by atoms with Gasteiger partial charge in [0.2, 0.25) is 0 Å². The summed E-state index contributed by atoms with van der Waals surface area (Å²) in [7, 11) is 0. The predicted octanol–water partition coefficient (Wildman–Crippen LogP) is 3.51. The van der Waals surface area contributed by atoms with E-state index >= 15 is 0 Å². The third-order valence-corrected chi connectivity index (χ3v) is 2.87. The van der Waals surface area contributed by atoms with Crippen LogP contribution in [0.4, 0.5) is 15.8 Å². The summed E-state index contributed by atoms with van der Waals surface area (Å²) in [5.41, 5.74) is 9.22. The van der Waals surface area contributed by atoms with Crippen molar-refractivity contribution in [2.24, 2.45) is 5.73 Å². The molecule has 0 unspecified atom stereocenters. The Morgan fingerprint density at radius 3 is 2.39 bits per heavy atom. The van der Waals surface area contributed by atoms with Crippen molar-refractivity contribution >= 4 is 28.6 Å². The highest BCUT2D eigenvalue weighted by Crippen LogP contribution is 2.21. The molecular weight excluding hydrogens is 247 g/mol. The fourth-order valence-corrected chi connectivity index (χ4v) is 1.77. The van der Waals surface area contributed by atoms with Crippen molar-refractivity contribution in [1.29, 1.82) is 0 Å². The molecule has 0 saturated carbocycles. The van der Waals surface area contributed by atoms with Gasteiger partial charge in [-0.25, -0.2) is 4.39 Å². The lowest BCUT2D eigenvalue weighted by Crippen LogP contribution is -2.09. The van der Waals surface area contributed by atoms with Gasteiger partial charge in [0.25, 0.3) is 0 Å². The molecule has 2 aromatic carbocycles. The summed E-state index contributed by atoms with van der Waals surface area (Å²) in [5, 5.41) is 3.21. The van der Waals surface area contributed by atoms with Crippen molar-refractivity contribution in [3.05, 3.63) is 59.4 Å². The Bertz CT molecular complexity index is 579. The number of nitrogens with one attached hydrogen (secondary N) is 1. The van der Waals surface area contributed by atoms with Crippen molar-refractivity contribution in [2.45, 2.75) is 6.92 Å². The predicted molar refractivity (Wildman–Crippen MR) is 76.7 cm³/mol. The van der Waals surface area contributed by atoms with E-state index in [2.05, 4.69) is 5.32 Å². The largest absolute Gasteiger partial charge is 0.389 e. The van der Waals surface area contributed by atoms with Crippen LogP contribution in [0.25, 0.3) is 0 Å². The third kappa shape index (κ3) is 2.84. The van der Waals surface area contributed by atoms with Crippen LogP contribution in [0.15, 0.2) is 42.5 Å². The molecule has 0 aliphatic rings. The number of aryl methyl sites for hydroxylation is 1.